The topological polar surface area (TPSA) is 38.3 Å². The summed E-state index contributed by atoms with van der Waals surface area (Å²) < 4.78 is 0.939. The summed E-state index contributed by atoms with van der Waals surface area (Å²) in [6.45, 7) is 0. The van der Waals surface area contributed by atoms with Crippen LogP contribution in [0.3, 0.4) is 0 Å². The van der Waals surface area contributed by atoms with Crippen LogP contribution in [0.4, 0.5) is 0 Å². The number of benzene rings is 1. The number of nitrogens with one attached hydrogen (secondary N) is 1. The molecule has 17 heavy (non-hydrogen) atoms. The Morgan fingerprint density at radius 1 is 1.35 bits per heavy atom. The molecule has 5 heteroatoms. The van der Waals surface area contributed by atoms with E-state index in [1.54, 1.807) is 12.1 Å². The molecule has 0 saturated heterocycles. The van der Waals surface area contributed by atoms with Crippen molar-refractivity contribution < 1.29 is 9.63 Å². The van der Waals surface area contributed by atoms with E-state index in [9.17, 15) is 4.79 Å². The maximum Gasteiger partial charge on any atom is 0.362 e. The van der Waals surface area contributed by atoms with E-state index < -0.39 is 0 Å². The standard InChI is InChI=1S/C12H12BrNO2S/c13-10-3-1-9(2-4-10)12(15)16-14-11-5-7-17-8-6-11/h1-5,14H,6-8H2. The van der Waals surface area contributed by atoms with E-state index in [1.165, 1.54) is 0 Å². The lowest BCUT2D eigenvalue weighted by Crippen LogP contribution is -2.21. The molecule has 1 aromatic carbocycles. The Morgan fingerprint density at radius 3 is 2.76 bits per heavy atom. The third-order valence-corrected chi connectivity index (χ3v) is 3.74. The van der Waals surface area contributed by atoms with Gasteiger partial charge < -0.3 is 4.84 Å². The molecule has 0 amide bonds. The van der Waals surface area contributed by atoms with Gasteiger partial charge in [-0.05, 0) is 36.4 Å². The highest BCUT2D eigenvalue weighted by atomic mass is 79.9. The van der Waals surface area contributed by atoms with Crippen molar-refractivity contribution in [3.8, 4) is 0 Å². The van der Waals surface area contributed by atoms with Crippen molar-refractivity contribution in [2.45, 2.75) is 6.42 Å². The van der Waals surface area contributed by atoms with Crippen LogP contribution < -0.4 is 5.48 Å². The summed E-state index contributed by atoms with van der Waals surface area (Å²) >= 11 is 5.19. The third kappa shape index (κ3) is 3.78. The normalized spacial score (nSPS) is 15.0. The first kappa shape index (κ1) is 12.5. The Bertz CT molecular complexity index is 431. The summed E-state index contributed by atoms with van der Waals surface area (Å²) in [6.07, 6.45) is 2.96. The van der Waals surface area contributed by atoms with E-state index in [0.29, 0.717) is 5.56 Å². The number of carbonyl (C=O) groups excluding carboxylic acids is 1. The molecule has 1 N–H and O–H groups in total. The summed E-state index contributed by atoms with van der Waals surface area (Å²) in [6, 6.07) is 7.07. The Balaban J connectivity index is 1.88. The van der Waals surface area contributed by atoms with E-state index in [-0.39, 0.29) is 5.97 Å². The molecular formula is C12H12BrNO2S. The third-order valence-electron chi connectivity index (χ3n) is 2.32. The highest BCUT2D eigenvalue weighted by molar-refractivity contribution is 9.10. The number of allylic oxidation sites excluding steroid dienone is 1. The monoisotopic (exact) mass is 313 g/mol. The van der Waals surface area contributed by atoms with Gasteiger partial charge in [-0.3, -0.25) is 0 Å². The molecule has 0 unspecified atom stereocenters. The lowest BCUT2D eigenvalue weighted by atomic mass is 10.2. The zero-order valence-corrected chi connectivity index (χ0v) is 11.5. The summed E-state index contributed by atoms with van der Waals surface area (Å²) in [5.74, 6) is 1.67. The van der Waals surface area contributed by atoms with Gasteiger partial charge in [-0.25, -0.2) is 10.3 Å². The average molecular weight is 314 g/mol. The molecule has 1 aliphatic rings. The van der Waals surface area contributed by atoms with Gasteiger partial charge in [0.15, 0.2) is 0 Å². The van der Waals surface area contributed by atoms with Crippen LogP contribution in [-0.4, -0.2) is 17.5 Å². The molecule has 0 saturated carbocycles. The van der Waals surface area contributed by atoms with Gasteiger partial charge in [-0.1, -0.05) is 22.0 Å². The van der Waals surface area contributed by atoms with Crippen molar-refractivity contribution in [1.29, 1.82) is 0 Å². The zero-order chi connectivity index (χ0) is 12.1. The minimum Gasteiger partial charge on any atom is -0.338 e. The molecule has 0 fully saturated rings. The first-order valence-electron chi connectivity index (χ1n) is 5.25. The maximum absolute atomic E-state index is 11.7. The van der Waals surface area contributed by atoms with E-state index in [1.807, 2.05) is 30.0 Å². The van der Waals surface area contributed by atoms with Crippen LogP contribution in [0.15, 0.2) is 40.5 Å². The highest BCUT2D eigenvalue weighted by Gasteiger charge is 2.09. The van der Waals surface area contributed by atoms with Crippen molar-refractivity contribution in [2.24, 2.45) is 0 Å². The van der Waals surface area contributed by atoms with Gasteiger partial charge in [0, 0.05) is 15.9 Å². The number of hydroxylamine groups is 1. The molecule has 0 bridgehead atoms. The van der Waals surface area contributed by atoms with Crippen molar-refractivity contribution in [3.63, 3.8) is 0 Å². The fraction of sp³-hybridized carbons (Fsp3) is 0.250. The Morgan fingerprint density at radius 2 is 2.12 bits per heavy atom. The number of hydrogen-bond donors (Lipinski definition) is 1. The quantitative estimate of drug-likeness (QED) is 0.870. The molecule has 0 aromatic heterocycles. The number of thioether (sulfide) groups is 1. The first-order valence-corrected chi connectivity index (χ1v) is 7.20. The zero-order valence-electron chi connectivity index (χ0n) is 9.11. The van der Waals surface area contributed by atoms with Crippen molar-refractivity contribution in [1.82, 2.24) is 5.48 Å². The van der Waals surface area contributed by atoms with Crippen LogP contribution in [0.5, 0.6) is 0 Å². The minimum absolute atomic E-state index is 0.364. The van der Waals surface area contributed by atoms with Crippen molar-refractivity contribution >= 4 is 33.7 Å². The fourth-order valence-corrected chi connectivity index (χ4v) is 2.49. The second kappa shape index (κ2) is 6.12. The molecule has 90 valence electrons. The molecular weight excluding hydrogens is 302 g/mol. The average Bonchev–Trinajstić information content (AvgIpc) is 2.38. The second-order valence-corrected chi connectivity index (χ2v) is 5.62. The Hall–Kier alpha value is -0.940. The van der Waals surface area contributed by atoms with Crippen LogP contribution in [0, 0.1) is 0 Å². The number of hydrogen-bond acceptors (Lipinski definition) is 4. The first-order chi connectivity index (χ1) is 8.25. The van der Waals surface area contributed by atoms with Crippen molar-refractivity contribution in [2.75, 3.05) is 11.5 Å². The van der Waals surface area contributed by atoms with E-state index in [2.05, 4.69) is 21.4 Å². The highest BCUT2D eigenvalue weighted by Crippen LogP contribution is 2.15. The van der Waals surface area contributed by atoms with Crippen LogP contribution in [-0.2, 0) is 4.84 Å². The fourth-order valence-electron chi connectivity index (χ4n) is 1.38. The number of carbonyl (C=O) groups is 1. The van der Waals surface area contributed by atoms with Crippen LogP contribution in [0.1, 0.15) is 16.8 Å². The van der Waals surface area contributed by atoms with Crippen LogP contribution >= 0.6 is 27.7 Å². The summed E-state index contributed by atoms with van der Waals surface area (Å²) in [7, 11) is 0. The molecule has 0 spiro atoms. The van der Waals surface area contributed by atoms with E-state index in [4.69, 9.17) is 4.84 Å². The van der Waals surface area contributed by atoms with Gasteiger partial charge in [0.1, 0.15) is 0 Å². The van der Waals surface area contributed by atoms with E-state index in [0.717, 1.165) is 28.1 Å². The van der Waals surface area contributed by atoms with E-state index >= 15 is 0 Å². The molecule has 1 aliphatic heterocycles. The SMILES string of the molecule is O=C(ONC1=CCSCC1)c1ccc(Br)cc1. The maximum atomic E-state index is 11.7. The second-order valence-electron chi connectivity index (χ2n) is 3.55. The van der Waals surface area contributed by atoms with Crippen LogP contribution in [0.2, 0.25) is 0 Å². The summed E-state index contributed by atoms with van der Waals surface area (Å²) in [5, 5.41) is 0. The number of halogens is 1. The smallest absolute Gasteiger partial charge is 0.338 e. The lowest BCUT2D eigenvalue weighted by Gasteiger charge is -2.13. The van der Waals surface area contributed by atoms with Crippen LogP contribution in [0.25, 0.3) is 0 Å². The number of rotatable bonds is 3. The van der Waals surface area contributed by atoms with Gasteiger partial charge in [0.25, 0.3) is 0 Å². The van der Waals surface area contributed by atoms with Gasteiger partial charge in [0.2, 0.25) is 0 Å². The van der Waals surface area contributed by atoms with Gasteiger partial charge in [-0.15, -0.1) is 0 Å². The van der Waals surface area contributed by atoms with Gasteiger partial charge in [0.05, 0.1) is 5.56 Å². The van der Waals surface area contributed by atoms with Gasteiger partial charge in [-0.2, -0.15) is 11.8 Å². The van der Waals surface area contributed by atoms with Gasteiger partial charge >= 0.3 is 5.97 Å². The minimum atomic E-state index is -0.364. The molecule has 1 heterocycles. The summed E-state index contributed by atoms with van der Waals surface area (Å²) in [5.41, 5.74) is 4.24. The predicted molar refractivity (Wildman–Crippen MR) is 72.7 cm³/mol. The predicted octanol–water partition coefficient (Wildman–Crippen LogP) is 3.13. The molecule has 1 aromatic rings. The van der Waals surface area contributed by atoms with Crippen molar-refractivity contribution in [3.05, 3.63) is 46.1 Å². The Labute approximate surface area is 113 Å². The molecule has 0 aliphatic carbocycles. The lowest BCUT2D eigenvalue weighted by molar-refractivity contribution is 0.0318. The Kier molecular flexibility index (Phi) is 4.50. The molecule has 0 radical (unpaired) electrons. The largest absolute Gasteiger partial charge is 0.362 e. The molecule has 0 atom stereocenters. The summed E-state index contributed by atoms with van der Waals surface area (Å²) in [4.78, 5) is 16.7. The molecule has 3 nitrogen and oxygen atoms in total. The molecule has 2 rings (SSSR count).